The lowest BCUT2D eigenvalue weighted by atomic mass is 9.85. The molecular formula is C35H41ClN8O5. The summed E-state index contributed by atoms with van der Waals surface area (Å²) in [7, 11) is 3.16. The predicted octanol–water partition coefficient (Wildman–Crippen LogP) is 4.25. The number of aliphatic hydroxyl groups is 1. The van der Waals surface area contributed by atoms with Gasteiger partial charge in [-0.25, -0.2) is 4.98 Å². The fourth-order valence-electron chi connectivity index (χ4n) is 6.50. The number of fused-ring (bicyclic) bond motifs is 1. The summed E-state index contributed by atoms with van der Waals surface area (Å²) in [5.41, 5.74) is 3.12. The van der Waals surface area contributed by atoms with E-state index in [0.29, 0.717) is 52.8 Å². The topological polar surface area (TPSA) is 172 Å². The summed E-state index contributed by atoms with van der Waals surface area (Å²) >= 11 is 6.46. The van der Waals surface area contributed by atoms with Crippen molar-refractivity contribution in [2.75, 3.05) is 36.1 Å². The van der Waals surface area contributed by atoms with E-state index in [2.05, 4.69) is 48.7 Å². The molecule has 2 atom stereocenters. The van der Waals surface area contributed by atoms with Crippen LogP contribution in [-0.4, -0.2) is 63.9 Å². The van der Waals surface area contributed by atoms with E-state index in [1.807, 2.05) is 30.3 Å². The van der Waals surface area contributed by atoms with E-state index in [-0.39, 0.29) is 35.6 Å². The normalized spacial score (nSPS) is 20.7. The van der Waals surface area contributed by atoms with Gasteiger partial charge in [0, 0.05) is 55.8 Å². The Kier molecular flexibility index (Phi) is 10.5. The SMILES string of the molecule is CNC(=O)COc1cc2cc(Nc3nc(NCC4CCC(Nc5cccc(C6CCC(=O)NC6O)c5)CC4)ncc3Cl)ccc2n(C)c1=O. The molecule has 4 aromatic rings. The minimum absolute atomic E-state index is 0.0779. The van der Waals surface area contributed by atoms with Gasteiger partial charge in [-0.2, -0.15) is 4.98 Å². The Labute approximate surface area is 288 Å². The van der Waals surface area contributed by atoms with Crippen LogP contribution in [0.5, 0.6) is 5.75 Å². The second kappa shape index (κ2) is 15.1. The number of halogens is 1. The highest BCUT2D eigenvalue weighted by Gasteiger charge is 2.28. The van der Waals surface area contributed by atoms with Crippen LogP contribution in [0.3, 0.4) is 0 Å². The largest absolute Gasteiger partial charge is 0.478 e. The number of rotatable bonds is 11. The van der Waals surface area contributed by atoms with Crippen molar-refractivity contribution in [3.63, 3.8) is 0 Å². The quantitative estimate of drug-likeness (QED) is 0.134. The van der Waals surface area contributed by atoms with Crippen molar-refractivity contribution in [3.8, 4) is 5.75 Å². The lowest BCUT2D eigenvalue weighted by molar-refractivity contribution is -0.127. The molecule has 0 radical (unpaired) electrons. The second-order valence-electron chi connectivity index (χ2n) is 12.6. The number of carbonyl (C=O) groups excluding carboxylic acids is 2. The molecule has 1 aliphatic heterocycles. The number of aliphatic hydroxyl groups excluding tert-OH is 1. The zero-order chi connectivity index (χ0) is 34.5. The van der Waals surface area contributed by atoms with Gasteiger partial charge in [-0.3, -0.25) is 14.4 Å². The molecule has 0 spiro atoms. The van der Waals surface area contributed by atoms with Gasteiger partial charge in [0.05, 0.1) is 11.7 Å². The van der Waals surface area contributed by atoms with Gasteiger partial charge < -0.3 is 41.0 Å². The molecule has 6 rings (SSSR count). The minimum Gasteiger partial charge on any atom is -0.478 e. The van der Waals surface area contributed by atoms with Crippen molar-refractivity contribution in [2.24, 2.45) is 13.0 Å². The molecule has 14 heteroatoms. The number of hydrogen-bond acceptors (Lipinski definition) is 10. The molecule has 1 saturated carbocycles. The third kappa shape index (κ3) is 8.23. The molecule has 3 heterocycles. The fraction of sp³-hybridized carbons (Fsp3) is 0.400. The van der Waals surface area contributed by atoms with E-state index in [4.69, 9.17) is 16.3 Å². The Bertz CT molecular complexity index is 1890. The maximum Gasteiger partial charge on any atom is 0.293 e. The second-order valence-corrected chi connectivity index (χ2v) is 13.1. The van der Waals surface area contributed by atoms with Crippen molar-refractivity contribution in [1.29, 1.82) is 0 Å². The summed E-state index contributed by atoms with van der Waals surface area (Å²) in [6.45, 7) is 0.474. The van der Waals surface area contributed by atoms with Gasteiger partial charge in [-0.1, -0.05) is 23.7 Å². The number of hydrogen-bond donors (Lipinski definition) is 6. The molecule has 258 valence electrons. The van der Waals surface area contributed by atoms with E-state index in [1.165, 1.54) is 11.6 Å². The van der Waals surface area contributed by atoms with Gasteiger partial charge in [-0.05, 0) is 80.0 Å². The molecule has 1 saturated heterocycles. The average Bonchev–Trinajstić information content (AvgIpc) is 3.10. The van der Waals surface area contributed by atoms with Crippen LogP contribution >= 0.6 is 11.6 Å². The van der Waals surface area contributed by atoms with Gasteiger partial charge >= 0.3 is 0 Å². The van der Waals surface area contributed by atoms with Crippen LogP contribution in [0, 0.1) is 5.92 Å². The van der Waals surface area contributed by atoms with Gasteiger partial charge in [0.2, 0.25) is 11.9 Å². The molecule has 2 unspecified atom stereocenters. The Morgan fingerprint density at radius 3 is 2.67 bits per heavy atom. The Morgan fingerprint density at radius 2 is 1.90 bits per heavy atom. The smallest absolute Gasteiger partial charge is 0.293 e. The highest BCUT2D eigenvalue weighted by Crippen LogP contribution is 2.32. The monoisotopic (exact) mass is 688 g/mol. The van der Waals surface area contributed by atoms with Crippen LogP contribution < -0.4 is 36.9 Å². The average molecular weight is 689 g/mol. The number of benzene rings is 2. The number of carbonyl (C=O) groups is 2. The van der Waals surface area contributed by atoms with Gasteiger partial charge in [0.15, 0.2) is 18.2 Å². The zero-order valence-electron chi connectivity index (χ0n) is 27.5. The standard InChI is InChI=1S/C35H41ClN8O5/c1-37-31(46)19-49-29-16-22-15-25(10-12-28(22)44(2)34(29)48)41-32-27(36)18-39-35(43-32)38-17-20-6-8-23(9-7-20)40-24-5-3-4-21(14-24)26-11-13-30(45)42-33(26)47/h3-5,10,12,14-16,18,20,23,26,33,40,47H,6-9,11,13,17,19H2,1-2H3,(H,37,46)(H,42,45)(H2,38,39,41,43). The van der Waals surface area contributed by atoms with Crippen molar-refractivity contribution < 1.29 is 19.4 Å². The first-order valence-corrected chi connectivity index (χ1v) is 16.9. The van der Waals surface area contributed by atoms with Crippen LogP contribution in [0.2, 0.25) is 5.02 Å². The first-order valence-electron chi connectivity index (χ1n) is 16.5. The highest BCUT2D eigenvalue weighted by atomic mass is 35.5. The molecule has 2 fully saturated rings. The maximum atomic E-state index is 12.7. The van der Waals surface area contributed by atoms with E-state index in [0.717, 1.165) is 48.9 Å². The number of piperidine rings is 1. The number of nitrogens with one attached hydrogen (secondary N) is 5. The van der Waals surface area contributed by atoms with Crippen LogP contribution in [0.25, 0.3) is 10.9 Å². The molecule has 1 aliphatic carbocycles. The summed E-state index contributed by atoms with van der Waals surface area (Å²) in [5.74, 6) is 0.910. The van der Waals surface area contributed by atoms with Crippen molar-refractivity contribution in [2.45, 2.75) is 56.7 Å². The molecule has 6 N–H and O–H groups in total. The third-order valence-corrected chi connectivity index (χ3v) is 9.57. The third-order valence-electron chi connectivity index (χ3n) is 9.29. The molecule has 49 heavy (non-hydrogen) atoms. The molecule has 2 aromatic carbocycles. The Morgan fingerprint density at radius 1 is 1.08 bits per heavy atom. The molecule has 2 aromatic heterocycles. The number of amides is 2. The van der Waals surface area contributed by atoms with E-state index in [9.17, 15) is 19.5 Å². The number of ether oxygens (including phenoxy) is 1. The summed E-state index contributed by atoms with van der Waals surface area (Å²) in [4.78, 5) is 45.0. The predicted molar refractivity (Wildman–Crippen MR) is 190 cm³/mol. The molecular weight excluding hydrogens is 648 g/mol. The van der Waals surface area contributed by atoms with Crippen LogP contribution in [0.15, 0.2) is 59.5 Å². The molecule has 13 nitrogen and oxygen atoms in total. The lowest BCUT2D eigenvalue weighted by Gasteiger charge is -2.31. The number of aryl methyl sites for hydroxylation is 1. The van der Waals surface area contributed by atoms with Crippen LogP contribution in [-0.2, 0) is 16.6 Å². The number of nitrogens with zero attached hydrogens (tertiary/aromatic N) is 3. The van der Waals surface area contributed by atoms with Crippen LogP contribution in [0.1, 0.15) is 50.0 Å². The summed E-state index contributed by atoms with van der Waals surface area (Å²) in [6, 6.07) is 15.6. The summed E-state index contributed by atoms with van der Waals surface area (Å²) in [6.07, 6.45) is 5.90. The molecule has 2 aliphatic rings. The van der Waals surface area contributed by atoms with E-state index in [1.54, 1.807) is 19.3 Å². The first-order chi connectivity index (χ1) is 23.7. The molecule has 0 bridgehead atoms. The van der Waals surface area contributed by atoms with Gasteiger partial charge in [0.25, 0.3) is 11.5 Å². The summed E-state index contributed by atoms with van der Waals surface area (Å²) in [5, 5.41) is 26.9. The van der Waals surface area contributed by atoms with Crippen LogP contribution in [0.4, 0.5) is 23.1 Å². The van der Waals surface area contributed by atoms with E-state index < -0.39 is 6.23 Å². The number of aromatic nitrogens is 3. The maximum absolute atomic E-state index is 12.7. The van der Waals surface area contributed by atoms with Crippen molar-refractivity contribution >= 4 is 57.5 Å². The van der Waals surface area contributed by atoms with Crippen molar-refractivity contribution in [3.05, 3.63) is 75.7 Å². The number of anilines is 4. The fourth-order valence-corrected chi connectivity index (χ4v) is 6.64. The van der Waals surface area contributed by atoms with Gasteiger partial charge in [-0.15, -0.1) is 0 Å². The van der Waals surface area contributed by atoms with Gasteiger partial charge in [0.1, 0.15) is 11.3 Å². The first kappa shape index (κ1) is 34.0. The Hall–Kier alpha value is -4.88. The number of likely N-dealkylation sites (N-methyl/N-ethyl adjacent to an activating group) is 1. The minimum atomic E-state index is -0.857. The lowest BCUT2D eigenvalue weighted by Crippen LogP contribution is -2.43. The number of pyridine rings is 1. The zero-order valence-corrected chi connectivity index (χ0v) is 28.2. The highest BCUT2D eigenvalue weighted by molar-refractivity contribution is 6.32. The molecule has 2 amide bonds. The van der Waals surface area contributed by atoms with E-state index >= 15 is 0 Å². The summed E-state index contributed by atoms with van der Waals surface area (Å²) < 4.78 is 6.95. The van der Waals surface area contributed by atoms with Crippen molar-refractivity contribution in [1.82, 2.24) is 25.2 Å². The Balaban J connectivity index is 1.03.